The van der Waals surface area contributed by atoms with Crippen molar-refractivity contribution in [3.63, 3.8) is 0 Å². The molecule has 0 radical (unpaired) electrons. The van der Waals surface area contributed by atoms with Crippen molar-refractivity contribution in [2.24, 2.45) is 5.92 Å². The second-order valence-electron chi connectivity index (χ2n) is 7.14. The Kier molecular flexibility index (Phi) is 5.32. The summed E-state index contributed by atoms with van der Waals surface area (Å²) in [5.74, 6) is -3.84. The quantitative estimate of drug-likeness (QED) is 0.613. The molecule has 150 valence electrons. The van der Waals surface area contributed by atoms with Crippen LogP contribution in [0.3, 0.4) is 0 Å². The number of thiophene rings is 1. The molecule has 1 aliphatic heterocycles. The number of ether oxygens (including phenoxy) is 1. The van der Waals surface area contributed by atoms with Crippen LogP contribution in [0.2, 0.25) is 0 Å². The maximum Gasteiger partial charge on any atom is 0.317 e. The molecule has 0 fully saturated rings. The number of hydrogen-bond acceptors (Lipinski definition) is 5. The number of allylic oxidation sites excluding steroid dienone is 2. The number of hydrogen-bond donors (Lipinski definition) is 1. The minimum atomic E-state index is -1.00. The van der Waals surface area contributed by atoms with E-state index >= 15 is 0 Å². The van der Waals surface area contributed by atoms with E-state index in [1.165, 1.54) is 17.4 Å². The van der Waals surface area contributed by atoms with Gasteiger partial charge in [-0.15, -0.1) is 11.3 Å². The number of carbonyl (C=O) groups excluding carboxylic acids is 3. The summed E-state index contributed by atoms with van der Waals surface area (Å²) >= 11 is 1.46. The van der Waals surface area contributed by atoms with Crippen molar-refractivity contribution in [3.05, 3.63) is 69.3 Å². The third kappa shape index (κ3) is 3.51. The molecule has 1 aromatic carbocycles. The number of ketones is 1. The lowest BCUT2D eigenvalue weighted by Crippen LogP contribution is -2.44. The molecule has 0 saturated heterocycles. The molecule has 1 amide bonds. The van der Waals surface area contributed by atoms with E-state index in [1.54, 1.807) is 25.1 Å². The Morgan fingerprint density at radius 2 is 2.00 bits per heavy atom. The fourth-order valence-corrected chi connectivity index (χ4v) is 5.11. The van der Waals surface area contributed by atoms with Crippen LogP contribution in [-0.4, -0.2) is 24.3 Å². The van der Waals surface area contributed by atoms with E-state index in [1.807, 2.05) is 17.5 Å². The first-order valence-corrected chi connectivity index (χ1v) is 10.4. The van der Waals surface area contributed by atoms with Crippen molar-refractivity contribution in [1.29, 1.82) is 0 Å². The monoisotopic (exact) mass is 413 g/mol. The van der Waals surface area contributed by atoms with Gasteiger partial charge in [0.2, 0.25) is 5.91 Å². The molecule has 2 heterocycles. The molecule has 5 nitrogen and oxygen atoms in total. The number of halogens is 1. The fraction of sp³-hybridized carbons (Fsp3) is 0.318. The van der Waals surface area contributed by atoms with Crippen LogP contribution in [0.1, 0.15) is 42.0 Å². The third-order valence-electron chi connectivity index (χ3n) is 5.46. The third-order valence-corrected chi connectivity index (χ3v) is 6.46. The zero-order chi connectivity index (χ0) is 20.5. The molecule has 1 aromatic heterocycles. The predicted octanol–water partition coefficient (Wildman–Crippen LogP) is 3.68. The molecule has 3 atom stereocenters. The maximum atomic E-state index is 14.5. The van der Waals surface area contributed by atoms with Crippen molar-refractivity contribution in [1.82, 2.24) is 5.32 Å². The number of Topliss-reactive ketones (excluding diaryl/α,β-unsaturated/α-hetero) is 1. The molecule has 0 bridgehead atoms. The van der Waals surface area contributed by atoms with Crippen LogP contribution < -0.4 is 5.32 Å². The van der Waals surface area contributed by atoms with Gasteiger partial charge >= 0.3 is 5.97 Å². The van der Waals surface area contributed by atoms with Gasteiger partial charge in [0.25, 0.3) is 0 Å². The van der Waals surface area contributed by atoms with Gasteiger partial charge in [-0.2, -0.15) is 0 Å². The van der Waals surface area contributed by atoms with Crippen LogP contribution in [-0.2, 0) is 19.1 Å². The first-order valence-electron chi connectivity index (χ1n) is 9.52. The van der Waals surface area contributed by atoms with Crippen LogP contribution in [0.5, 0.6) is 0 Å². The Balaban J connectivity index is 1.83. The van der Waals surface area contributed by atoms with Crippen LogP contribution in [0.15, 0.2) is 53.0 Å². The Hall–Kier alpha value is -2.80. The number of esters is 1. The average Bonchev–Trinajstić information content (AvgIpc) is 3.22. The van der Waals surface area contributed by atoms with Crippen LogP contribution >= 0.6 is 11.3 Å². The minimum absolute atomic E-state index is 0.0370. The second kappa shape index (κ2) is 7.91. The highest BCUT2D eigenvalue weighted by Crippen LogP contribution is 2.46. The molecule has 0 unspecified atom stereocenters. The lowest BCUT2D eigenvalue weighted by atomic mass is 9.69. The summed E-state index contributed by atoms with van der Waals surface area (Å²) in [4.78, 5) is 39.5. The molecule has 0 saturated carbocycles. The molecule has 1 aliphatic carbocycles. The van der Waals surface area contributed by atoms with E-state index in [9.17, 15) is 18.8 Å². The smallest absolute Gasteiger partial charge is 0.317 e. The Morgan fingerprint density at radius 3 is 2.69 bits per heavy atom. The van der Waals surface area contributed by atoms with Gasteiger partial charge in [-0.3, -0.25) is 14.4 Å². The van der Waals surface area contributed by atoms with Gasteiger partial charge in [-0.25, -0.2) is 4.39 Å². The van der Waals surface area contributed by atoms with Gasteiger partial charge < -0.3 is 10.1 Å². The molecule has 7 heteroatoms. The molecule has 1 N–H and O–H groups in total. The van der Waals surface area contributed by atoms with Gasteiger partial charge in [-0.1, -0.05) is 24.3 Å². The van der Waals surface area contributed by atoms with Crippen molar-refractivity contribution in [2.75, 3.05) is 6.61 Å². The van der Waals surface area contributed by atoms with E-state index in [0.717, 1.165) is 4.88 Å². The molecule has 0 spiro atoms. The van der Waals surface area contributed by atoms with E-state index in [2.05, 4.69) is 5.32 Å². The summed E-state index contributed by atoms with van der Waals surface area (Å²) in [6, 6.07) is 9.87. The van der Waals surface area contributed by atoms with E-state index < -0.39 is 35.3 Å². The number of carbonyl (C=O) groups is 3. The van der Waals surface area contributed by atoms with Gasteiger partial charge in [-0.05, 0) is 36.4 Å². The van der Waals surface area contributed by atoms with Gasteiger partial charge in [0.15, 0.2) is 5.78 Å². The van der Waals surface area contributed by atoms with E-state index in [4.69, 9.17) is 4.74 Å². The lowest BCUT2D eigenvalue weighted by Gasteiger charge is -2.37. The first kappa shape index (κ1) is 19.5. The summed E-state index contributed by atoms with van der Waals surface area (Å²) in [6.45, 7) is 1.86. The molecular weight excluding hydrogens is 393 g/mol. The fourth-order valence-electron chi connectivity index (χ4n) is 4.25. The number of nitrogens with one attached hydrogen (secondary N) is 1. The molecule has 4 rings (SSSR count). The van der Waals surface area contributed by atoms with Crippen LogP contribution in [0.4, 0.5) is 4.39 Å². The maximum absolute atomic E-state index is 14.5. The summed E-state index contributed by atoms with van der Waals surface area (Å²) in [5, 5.41) is 4.68. The lowest BCUT2D eigenvalue weighted by molar-refractivity contribution is -0.152. The predicted molar refractivity (Wildman–Crippen MR) is 106 cm³/mol. The average molecular weight is 413 g/mol. The normalized spacial score (nSPS) is 24.1. The van der Waals surface area contributed by atoms with Crippen molar-refractivity contribution >= 4 is 29.0 Å². The Labute approximate surface area is 171 Å². The standard InChI is InChI=1S/C22H20FNO4S/c1-2-28-22(27)20-14(17-8-5-9-29-17)10-16-19(21(20)26)13(11-18(25)24-16)12-6-3-4-7-15(12)23/h3-9,13-14,20H,2,10-11H2,1H3,(H,24,25)/t13-,14-,20-/m0/s1. The molecule has 2 aromatic rings. The van der Waals surface area contributed by atoms with E-state index in [0.29, 0.717) is 23.3 Å². The topological polar surface area (TPSA) is 72.5 Å². The minimum Gasteiger partial charge on any atom is -0.465 e. The summed E-state index contributed by atoms with van der Waals surface area (Å²) in [6.07, 6.45) is 0.284. The zero-order valence-corrected chi connectivity index (χ0v) is 16.6. The SMILES string of the molecule is CCOC(=O)[C@@H]1C(=O)C2=C(C[C@H]1c1cccs1)NC(=O)C[C@H]2c1ccccc1F. The molecular formula is C22H20FNO4S. The number of benzene rings is 1. The Bertz CT molecular complexity index is 998. The highest BCUT2D eigenvalue weighted by Gasteiger charge is 2.48. The van der Waals surface area contributed by atoms with Gasteiger partial charge in [0, 0.05) is 34.4 Å². The summed E-state index contributed by atoms with van der Waals surface area (Å²) in [7, 11) is 0. The van der Waals surface area contributed by atoms with Crippen LogP contribution in [0.25, 0.3) is 0 Å². The van der Waals surface area contributed by atoms with Crippen molar-refractivity contribution in [3.8, 4) is 0 Å². The highest BCUT2D eigenvalue weighted by atomic mass is 32.1. The summed E-state index contributed by atoms with van der Waals surface area (Å²) < 4.78 is 19.7. The van der Waals surface area contributed by atoms with Crippen LogP contribution in [0, 0.1) is 11.7 Å². The van der Waals surface area contributed by atoms with Gasteiger partial charge in [0.1, 0.15) is 11.7 Å². The zero-order valence-electron chi connectivity index (χ0n) is 15.8. The van der Waals surface area contributed by atoms with E-state index in [-0.39, 0.29) is 18.9 Å². The second-order valence-corrected chi connectivity index (χ2v) is 8.12. The molecule has 2 aliphatic rings. The number of amides is 1. The van der Waals surface area contributed by atoms with Gasteiger partial charge in [0.05, 0.1) is 6.61 Å². The largest absolute Gasteiger partial charge is 0.465 e. The molecule has 29 heavy (non-hydrogen) atoms. The highest BCUT2D eigenvalue weighted by molar-refractivity contribution is 7.10. The van der Waals surface area contributed by atoms with Crippen molar-refractivity contribution < 1.29 is 23.5 Å². The number of rotatable bonds is 4. The van der Waals surface area contributed by atoms with Crippen molar-refractivity contribution in [2.45, 2.75) is 31.6 Å². The summed E-state index contributed by atoms with van der Waals surface area (Å²) in [5.41, 5.74) is 1.10. The Morgan fingerprint density at radius 1 is 1.21 bits per heavy atom. The first-order chi connectivity index (χ1) is 14.0.